The molecule has 0 unspecified atom stereocenters. The Balaban J connectivity index is 2.31. The van der Waals surface area contributed by atoms with Gasteiger partial charge in [0.15, 0.2) is 11.3 Å². The average molecular weight is 234 g/mol. The van der Waals surface area contributed by atoms with Crippen molar-refractivity contribution in [3.8, 4) is 11.7 Å². The van der Waals surface area contributed by atoms with Crippen LogP contribution in [0.15, 0.2) is 28.7 Å². The lowest BCUT2D eigenvalue weighted by atomic mass is 10.2. The largest absolute Gasteiger partial charge is 0.860 e. The van der Waals surface area contributed by atoms with E-state index in [2.05, 4.69) is 4.65 Å². The van der Waals surface area contributed by atoms with Gasteiger partial charge >= 0.3 is 0 Å². The summed E-state index contributed by atoms with van der Waals surface area (Å²) < 4.78 is 15.2. The van der Waals surface area contributed by atoms with Crippen LogP contribution in [-0.2, 0) is 0 Å². The first-order chi connectivity index (χ1) is 8.20. The summed E-state index contributed by atoms with van der Waals surface area (Å²) in [6, 6.07) is 6.85. The summed E-state index contributed by atoms with van der Waals surface area (Å²) in [4.78, 5) is 0. The lowest BCUT2D eigenvalue weighted by Crippen LogP contribution is -2.50. The molecular weight excluding hydrogens is 223 g/mol. The Morgan fingerprint density at radius 1 is 1.35 bits per heavy atom. The van der Waals surface area contributed by atoms with E-state index in [0.717, 1.165) is 11.8 Å². The molecule has 0 radical (unpaired) electrons. The van der Waals surface area contributed by atoms with Gasteiger partial charge in [0.05, 0.1) is 6.61 Å². The fourth-order valence-corrected chi connectivity index (χ4v) is 1.49. The van der Waals surface area contributed by atoms with Gasteiger partial charge in [-0.25, -0.2) is 0 Å². The first kappa shape index (κ1) is 11.8. The molecule has 0 amide bonds. The Labute approximate surface area is 98.7 Å². The monoisotopic (exact) mass is 234 g/mol. The fourth-order valence-electron chi connectivity index (χ4n) is 1.49. The predicted octanol–water partition coefficient (Wildman–Crippen LogP) is 0.306. The third-order valence-corrected chi connectivity index (χ3v) is 2.16. The topological polar surface area (TPSA) is 77.7 Å². The Morgan fingerprint density at radius 3 is 2.88 bits per heavy atom. The summed E-state index contributed by atoms with van der Waals surface area (Å²) in [5.74, 6) is 0.495. The van der Waals surface area contributed by atoms with Gasteiger partial charge in [-0.3, -0.25) is 0 Å². The summed E-state index contributed by atoms with van der Waals surface area (Å²) in [5.41, 5.74) is 0.483. The summed E-state index contributed by atoms with van der Waals surface area (Å²) in [6.07, 6.45) is 0.879. The smallest absolute Gasteiger partial charge is 0.264 e. The van der Waals surface area contributed by atoms with E-state index in [4.69, 9.17) is 9.15 Å². The molecule has 0 N–H and O–H groups in total. The molecule has 0 aliphatic carbocycles. The fraction of sp³-hybridized carbons (Fsp3) is 0.273. The van der Waals surface area contributed by atoms with E-state index in [9.17, 15) is 10.0 Å². The van der Waals surface area contributed by atoms with Crippen molar-refractivity contribution in [2.75, 3.05) is 6.61 Å². The summed E-state index contributed by atoms with van der Waals surface area (Å²) in [6.45, 7) is 2.57. The summed E-state index contributed by atoms with van der Waals surface area (Å²) >= 11 is 0. The number of hydrogen-bond donors (Lipinski definition) is 0. The molecule has 0 saturated carbocycles. The number of hydrogen-bond acceptors (Lipinski definition) is 5. The molecule has 1 heterocycles. The average Bonchev–Trinajstić information content (AvgIpc) is 2.67. The maximum atomic E-state index is 10.4. The number of furan rings is 1. The zero-order valence-electron chi connectivity index (χ0n) is 9.34. The van der Waals surface area contributed by atoms with Crippen molar-refractivity contribution >= 4 is 18.3 Å². The van der Waals surface area contributed by atoms with Gasteiger partial charge in [-0.1, -0.05) is 19.1 Å². The van der Waals surface area contributed by atoms with Crippen LogP contribution in [0.25, 0.3) is 11.0 Å². The van der Waals surface area contributed by atoms with Crippen LogP contribution >= 0.6 is 0 Å². The van der Waals surface area contributed by atoms with Crippen molar-refractivity contribution in [1.29, 1.82) is 0 Å². The van der Waals surface area contributed by atoms with Crippen molar-refractivity contribution in [3.05, 3.63) is 24.3 Å². The van der Waals surface area contributed by atoms with Crippen LogP contribution in [-0.4, -0.2) is 13.9 Å². The van der Waals surface area contributed by atoms with Gasteiger partial charge in [0.2, 0.25) is 0 Å². The maximum absolute atomic E-state index is 10.4. The molecule has 6 heteroatoms. The number of para-hydroxylation sites is 1. The quantitative estimate of drug-likeness (QED) is 0.695. The third-order valence-electron chi connectivity index (χ3n) is 2.16. The standard InChI is InChI=1S/C11H11BO5/c1-2-6-15-9-5-3-4-8-7-10(16-11(8)9)17-12(13)14/h3-5,7H,2,6H2,1H3/q-2. The lowest BCUT2D eigenvalue weighted by Gasteiger charge is -2.24. The highest BCUT2D eigenvalue weighted by Crippen LogP contribution is 2.32. The van der Waals surface area contributed by atoms with E-state index in [0.29, 0.717) is 17.9 Å². The molecule has 0 saturated heterocycles. The van der Waals surface area contributed by atoms with Crippen LogP contribution in [0.4, 0.5) is 0 Å². The highest BCUT2D eigenvalue weighted by Gasteiger charge is 2.08. The molecule has 1 aromatic carbocycles. The number of rotatable bonds is 5. The first-order valence-corrected chi connectivity index (χ1v) is 5.34. The molecule has 0 aliphatic rings. The zero-order chi connectivity index (χ0) is 12.3. The molecular formula is C11H11BO5-2. The summed E-state index contributed by atoms with van der Waals surface area (Å²) in [5, 5.41) is 21.5. The molecule has 0 bridgehead atoms. The third kappa shape index (κ3) is 2.72. The Morgan fingerprint density at radius 2 is 2.18 bits per heavy atom. The van der Waals surface area contributed by atoms with Crippen molar-refractivity contribution in [2.45, 2.75) is 13.3 Å². The molecule has 0 aliphatic heterocycles. The number of fused-ring (bicyclic) bond motifs is 1. The van der Waals surface area contributed by atoms with Crippen LogP contribution in [0.5, 0.6) is 11.7 Å². The Kier molecular flexibility index (Phi) is 3.56. The van der Waals surface area contributed by atoms with Gasteiger partial charge in [0.1, 0.15) is 7.32 Å². The molecule has 0 atom stereocenters. The molecule has 5 nitrogen and oxygen atoms in total. The van der Waals surface area contributed by atoms with Crippen molar-refractivity contribution in [2.24, 2.45) is 0 Å². The van der Waals surface area contributed by atoms with Gasteiger partial charge in [-0.2, -0.15) is 0 Å². The molecule has 2 aromatic rings. The van der Waals surface area contributed by atoms with Crippen LogP contribution in [0.2, 0.25) is 0 Å². The SMILES string of the molecule is CCCOc1cccc2cc(OB([O-])[O-])oc12. The zero-order valence-corrected chi connectivity index (χ0v) is 9.34. The minimum Gasteiger partial charge on any atom is -0.860 e. The van der Waals surface area contributed by atoms with Crippen molar-refractivity contribution in [1.82, 2.24) is 0 Å². The molecule has 1 aromatic heterocycles. The first-order valence-electron chi connectivity index (χ1n) is 5.34. The molecule has 90 valence electrons. The van der Waals surface area contributed by atoms with Crippen LogP contribution < -0.4 is 19.4 Å². The van der Waals surface area contributed by atoms with Gasteiger partial charge in [-0.05, 0) is 12.5 Å². The minimum atomic E-state index is -2.39. The molecule has 0 spiro atoms. The minimum absolute atomic E-state index is 0.0810. The van der Waals surface area contributed by atoms with E-state index in [1.54, 1.807) is 18.2 Å². The van der Waals surface area contributed by atoms with Gasteiger partial charge in [0.25, 0.3) is 5.95 Å². The second-order valence-corrected chi connectivity index (χ2v) is 3.49. The van der Waals surface area contributed by atoms with Gasteiger partial charge in [0, 0.05) is 11.5 Å². The lowest BCUT2D eigenvalue weighted by molar-refractivity contribution is -0.373. The van der Waals surface area contributed by atoms with Crippen molar-refractivity contribution in [3.63, 3.8) is 0 Å². The maximum Gasteiger partial charge on any atom is 0.264 e. The van der Waals surface area contributed by atoms with Gasteiger partial charge < -0.3 is 23.9 Å². The highest BCUT2D eigenvalue weighted by molar-refractivity contribution is 6.29. The summed E-state index contributed by atoms with van der Waals surface area (Å²) in [7, 11) is -2.39. The predicted molar refractivity (Wildman–Crippen MR) is 58.4 cm³/mol. The van der Waals surface area contributed by atoms with E-state index in [1.165, 1.54) is 6.07 Å². The second kappa shape index (κ2) is 5.12. The highest BCUT2D eigenvalue weighted by atomic mass is 16.7. The second-order valence-electron chi connectivity index (χ2n) is 3.49. The Bertz CT molecular complexity index is 494. The van der Waals surface area contributed by atoms with E-state index in [1.807, 2.05) is 6.92 Å². The molecule has 17 heavy (non-hydrogen) atoms. The molecule has 2 rings (SSSR count). The number of benzene rings is 1. The van der Waals surface area contributed by atoms with E-state index in [-0.39, 0.29) is 5.95 Å². The Hall–Kier alpha value is -1.66. The van der Waals surface area contributed by atoms with Crippen molar-refractivity contribution < 1.29 is 23.9 Å². The van der Waals surface area contributed by atoms with E-state index < -0.39 is 7.32 Å². The van der Waals surface area contributed by atoms with Crippen LogP contribution in [0.1, 0.15) is 13.3 Å². The van der Waals surface area contributed by atoms with Crippen LogP contribution in [0.3, 0.4) is 0 Å². The normalized spacial score (nSPS) is 10.5. The van der Waals surface area contributed by atoms with Crippen LogP contribution in [0, 0.1) is 0 Å². The van der Waals surface area contributed by atoms with Gasteiger partial charge in [-0.15, -0.1) is 0 Å². The molecule has 0 fully saturated rings. The van der Waals surface area contributed by atoms with E-state index >= 15 is 0 Å². The number of ether oxygens (including phenoxy) is 1.